The van der Waals surface area contributed by atoms with E-state index < -0.39 is 10.2 Å². The second-order valence-electron chi connectivity index (χ2n) is 5.77. The molecule has 1 heterocycles. The lowest BCUT2D eigenvalue weighted by Gasteiger charge is -2.22. The van der Waals surface area contributed by atoms with E-state index in [0.717, 1.165) is 24.2 Å². The van der Waals surface area contributed by atoms with Crippen molar-refractivity contribution >= 4 is 15.9 Å². The van der Waals surface area contributed by atoms with Crippen LogP contribution in [0.4, 0.5) is 5.69 Å². The Morgan fingerprint density at radius 3 is 2.62 bits per heavy atom. The van der Waals surface area contributed by atoms with E-state index in [0.29, 0.717) is 6.54 Å². The van der Waals surface area contributed by atoms with Gasteiger partial charge in [0.2, 0.25) is 0 Å². The zero-order chi connectivity index (χ0) is 15.6. The van der Waals surface area contributed by atoms with Crippen LogP contribution in [-0.4, -0.2) is 27.5 Å². The Hall–Kier alpha value is -1.11. The number of benzene rings is 1. The highest BCUT2D eigenvalue weighted by Gasteiger charge is 2.30. The van der Waals surface area contributed by atoms with Crippen molar-refractivity contribution in [2.45, 2.75) is 46.2 Å². The average Bonchev–Trinajstić information content (AvgIpc) is 2.80. The minimum absolute atomic E-state index is 0.105. The van der Waals surface area contributed by atoms with Gasteiger partial charge in [0, 0.05) is 18.6 Å². The molecule has 0 amide bonds. The lowest BCUT2D eigenvalue weighted by molar-refractivity contribution is 0.566. The summed E-state index contributed by atoms with van der Waals surface area (Å²) in [6.45, 7) is 9.28. The molecule has 1 aliphatic rings. The van der Waals surface area contributed by atoms with Crippen molar-refractivity contribution < 1.29 is 8.42 Å². The molecular weight excluding hydrogens is 286 g/mol. The van der Waals surface area contributed by atoms with Gasteiger partial charge in [-0.15, -0.1) is 0 Å². The highest BCUT2D eigenvalue weighted by atomic mass is 32.2. The van der Waals surface area contributed by atoms with E-state index >= 15 is 0 Å². The summed E-state index contributed by atoms with van der Waals surface area (Å²) in [6.07, 6.45) is 0.765. The predicted molar refractivity (Wildman–Crippen MR) is 86.8 cm³/mol. The predicted octanol–water partition coefficient (Wildman–Crippen LogP) is 1.96. The van der Waals surface area contributed by atoms with Gasteiger partial charge in [-0.25, -0.2) is 0 Å². The summed E-state index contributed by atoms with van der Waals surface area (Å²) in [6, 6.07) is 6.22. The van der Waals surface area contributed by atoms with Crippen LogP contribution in [0.2, 0.25) is 0 Å². The van der Waals surface area contributed by atoms with Crippen LogP contribution in [0.5, 0.6) is 0 Å². The summed E-state index contributed by atoms with van der Waals surface area (Å²) in [5.41, 5.74) is 3.11. The third-order valence-electron chi connectivity index (χ3n) is 3.64. The number of rotatable bonds is 6. The maximum absolute atomic E-state index is 12.3. The summed E-state index contributed by atoms with van der Waals surface area (Å²) in [5, 5.41) is 3.38. The van der Waals surface area contributed by atoms with E-state index in [1.54, 1.807) is 0 Å². The molecular formula is C15H25N3O2S. The number of nitrogens with one attached hydrogen (secondary N) is 2. The van der Waals surface area contributed by atoms with Crippen LogP contribution >= 0.6 is 0 Å². The Labute approximate surface area is 127 Å². The van der Waals surface area contributed by atoms with Gasteiger partial charge in [-0.2, -0.15) is 13.1 Å². The van der Waals surface area contributed by atoms with Gasteiger partial charge in [-0.05, 0) is 50.9 Å². The molecule has 0 fully saturated rings. The summed E-state index contributed by atoms with van der Waals surface area (Å²) in [7, 11) is -3.45. The molecule has 1 aliphatic heterocycles. The van der Waals surface area contributed by atoms with E-state index in [1.165, 1.54) is 9.87 Å². The topological polar surface area (TPSA) is 61.4 Å². The van der Waals surface area contributed by atoms with Crippen molar-refractivity contribution in [2.24, 2.45) is 0 Å². The molecule has 5 nitrogen and oxygen atoms in total. The first-order valence-electron chi connectivity index (χ1n) is 7.51. The lowest BCUT2D eigenvalue weighted by atomic mass is 10.0. The van der Waals surface area contributed by atoms with Crippen molar-refractivity contribution in [3.8, 4) is 0 Å². The van der Waals surface area contributed by atoms with Crippen LogP contribution in [-0.2, 0) is 16.6 Å². The molecule has 0 spiro atoms. The number of fused-ring (bicyclic) bond motifs is 1. The Morgan fingerprint density at radius 2 is 2.00 bits per heavy atom. The van der Waals surface area contributed by atoms with Crippen LogP contribution in [0, 0.1) is 0 Å². The molecule has 1 unspecified atom stereocenters. The van der Waals surface area contributed by atoms with Gasteiger partial charge in [0.1, 0.15) is 0 Å². The Morgan fingerprint density at radius 1 is 1.29 bits per heavy atom. The molecule has 1 aromatic carbocycles. The fourth-order valence-corrected chi connectivity index (χ4v) is 4.19. The third kappa shape index (κ3) is 3.56. The van der Waals surface area contributed by atoms with Gasteiger partial charge >= 0.3 is 10.2 Å². The first-order valence-corrected chi connectivity index (χ1v) is 8.95. The fourth-order valence-electron chi connectivity index (χ4n) is 2.70. The van der Waals surface area contributed by atoms with Gasteiger partial charge in [-0.3, -0.25) is 4.31 Å². The van der Waals surface area contributed by atoms with Gasteiger partial charge < -0.3 is 5.32 Å². The number of hydrogen-bond donors (Lipinski definition) is 2. The van der Waals surface area contributed by atoms with Crippen LogP contribution < -0.4 is 14.3 Å². The summed E-state index contributed by atoms with van der Waals surface area (Å²) in [5.74, 6) is 0. The molecule has 6 heteroatoms. The lowest BCUT2D eigenvalue weighted by Crippen LogP contribution is -2.42. The first-order chi connectivity index (χ1) is 9.85. The average molecular weight is 311 g/mol. The summed E-state index contributed by atoms with van der Waals surface area (Å²) in [4.78, 5) is 0. The minimum atomic E-state index is -3.45. The molecule has 1 atom stereocenters. The monoisotopic (exact) mass is 311 g/mol. The van der Waals surface area contributed by atoms with E-state index in [4.69, 9.17) is 0 Å². The normalized spacial score (nSPS) is 16.3. The molecule has 1 aromatic rings. The van der Waals surface area contributed by atoms with E-state index in [-0.39, 0.29) is 12.1 Å². The maximum atomic E-state index is 12.3. The van der Waals surface area contributed by atoms with E-state index in [1.807, 2.05) is 26.0 Å². The fraction of sp³-hybridized carbons (Fsp3) is 0.600. The Balaban J connectivity index is 2.26. The maximum Gasteiger partial charge on any atom is 0.301 e. The highest BCUT2D eigenvalue weighted by molar-refractivity contribution is 7.90. The zero-order valence-electron chi connectivity index (χ0n) is 13.2. The van der Waals surface area contributed by atoms with Gasteiger partial charge in [0.25, 0.3) is 0 Å². The molecule has 118 valence electrons. The van der Waals surface area contributed by atoms with Crippen molar-refractivity contribution in [3.63, 3.8) is 0 Å². The number of nitrogens with zero attached hydrogens (tertiary/aromatic N) is 1. The van der Waals surface area contributed by atoms with Crippen LogP contribution in [0.1, 0.15) is 44.9 Å². The second-order valence-corrected chi connectivity index (χ2v) is 7.39. The Bertz CT molecular complexity index is 599. The highest BCUT2D eigenvalue weighted by Crippen LogP contribution is 2.32. The van der Waals surface area contributed by atoms with E-state index in [2.05, 4.69) is 30.0 Å². The number of anilines is 1. The quantitative estimate of drug-likeness (QED) is 0.844. The molecule has 0 saturated carbocycles. The first kappa shape index (κ1) is 16.3. The molecule has 0 bridgehead atoms. The summed E-state index contributed by atoms with van der Waals surface area (Å²) >= 11 is 0. The molecule has 2 N–H and O–H groups in total. The molecule has 21 heavy (non-hydrogen) atoms. The smallest absolute Gasteiger partial charge is 0.301 e. The van der Waals surface area contributed by atoms with Crippen molar-refractivity contribution in [1.82, 2.24) is 10.0 Å². The molecule has 0 saturated heterocycles. The third-order valence-corrected chi connectivity index (χ3v) is 5.37. The molecule has 0 radical (unpaired) electrons. The standard InChI is InChI=1S/C15H25N3O2S/c1-5-16-12(4)13-6-7-15-14(10-13)8-9-18(15)21(19,20)17-11(2)3/h6-7,10-12,16-17H,5,8-9H2,1-4H3. The minimum Gasteiger partial charge on any atom is -0.310 e. The second kappa shape index (κ2) is 6.34. The van der Waals surface area contributed by atoms with Gasteiger partial charge in [-0.1, -0.05) is 19.1 Å². The van der Waals surface area contributed by atoms with Crippen molar-refractivity contribution in [1.29, 1.82) is 0 Å². The van der Waals surface area contributed by atoms with E-state index in [9.17, 15) is 8.42 Å². The Kier molecular flexibility index (Phi) is 4.91. The molecule has 0 aliphatic carbocycles. The van der Waals surface area contributed by atoms with Crippen LogP contribution in [0.3, 0.4) is 0 Å². The van der Waals surface area contributed by atoms with Gasteiger partial charge in [0.15, 0.2) is 0 Å². The van der Waals surface area contributed by atoms with Crippen molar-refractivity contribution in [2.75, 3.05) is 17.4 Å². The van der Waals surface area contributed by atoms with Crippen LogP contribution in [0.25, 0.3) is 0 Å². The molecule has 2 rings (SSSR count). The van der Waals surface area contributed by atoms with Crippen LogP contribution in [0.15, 0.2) is 18.2 Å². The molecule has 0 aromatic heterocycles. The zero-order valence-corrected chi connectivity index (χ0v) is 14.0. The largest absolute Gasteiger partial charge is 0.310 e. The van der Waals surface area contributed by atoms with Gasteiger partial charge in [0.05, 0.1) is 5.69 Å². The number of hydrogen-bond acceptors (Lipinski definition) is 3. The summed E-state index contributed by atoms with van der Waals surface area (Å²) < 4.78 is 28.8. The van der Waals surface area contributed by atoms with Crippen molar-refractivity contribution in [3.05, 3.63) is 29.3 Å². The SMILES string of the molecule is CCNC(C)c1ccc2c(c1)CCN2S(=O)(=O)NC(C)C.